The molecule has 0 bridgehead atoms. The molecule has 0 rings (SSSR count). The molecule has 0 aromatic rings. The van der Waals surface area contributed by atoms with E-state index in [1.807, 2.05) is 0 Å². The molecule has 0 aromatic heterocycles. The molecule has 0 unspecified atom stereocenters. The van der Waals surface area contributed by atoms with Crippen molar-refractivity contribution in [2.24, 2.45) is 11.5 Å². The summed E-state index contributed by atoms with van der Waals surface area (Å²) >= 11 is 0. The molecule has 22 heavy (non-hydrogen) atoms. The fraction of sp³-hybridized carbons (Fsp3) is 0.900. The predicted octanol–water partition coefficient (Wildman–Crippen LogP) is 6.05. The van der Waals surface area contributed by atoms with Gasteiger partial charge in [0.15, 0.2) is 0 Å². The zero-order valence-corrected chi connectivity index (χ0v) is 15.4. The third-order valence-electron chi connectivity index (χ3n) is 4.56. The molecule has 0 heterocycles. The van der Waals surface area contributed by atoms with Gasteiger partial charge in [0, 0.05) is 0 Å². The Labute approximate surface area is 140 Å². The van der Waals surface area contributed by atoms with Crippen molar-refractivity contribution < 1.29 is 0 Å². The number of allylic oxidation sites excluding steroid dienone is 2. The van der Waals surface area contributed by atoms with Gasteiger partial charge in [0.2, 0.25) is 0 Å². The van der Waals surface area contributed by atoms with Crippen LogP contribution in [-0.4, -0.2) is 5.66 Å². The van der Waals surface area contributed by atoms with Gasteiger partial charge in [-0.2, -0.15) is 0 Å². The zero-order chi connectivity index (χ0) is 16.5. The van der Waals surface area contributed by atoms with Crippen molar-refractivity contribution in [3.63, 3.8) is 0 Å². The standard InChI is InChI=1S/C20H42N2/c1-3-5-6-7-8-9-10-11-12-13-14-15-16-17-18-19-20(21,22)4-2/h11-12H,3-10,13-19,21-22H2,1-2H3/b12-11-. The van der Waals surface area contributed by atoms with E-state index in [-0.39, 0.29) is 0 Å². The smallest absolute Gasteiger partial charge is 0.0633 e. The number of rotatable bonds is 16. The van der Waals surface area contributed by atoms with Gasteiger partial charge in [-0.3, -0.25) is 0 Å². The largest absolute Gasteiger partial charge is 0.314 e. The van der Waals surface area contributed by atoms with Gasteiger partial charge < -0.3 is 11.5 Å². The second kappa shape index (κ2) is 15.6. The van der Waals surface area contributed by atoms with Gasteiger partial charge in [-0.15, -0.1) is 0 Å². The van der Waals surface area contributed by atoms with Crippen LogP contribution in [0.4, 0.5) is 0 Å². The molecule has 0 amide bonds. The van der Waals surface area contributed by atoms with Gasteiger partial charge in [-0.1, -0.05) is 83.8 Å². The average molecular weight is 311 g/mol. The van der Waals surface area contributed by atoms with E-state index in [0.29, 0.717) is 0 Å². The Bertz CT molecular complexity index is 246. The first-order valence-corrected chi connectivity index (χ1v) is 9.85. The minimum Gasteiger partial charge on any atom is -0.314 e. The number of hydrogen-bond donors (Lipinski definition) is 2. The quantitative estimate of drug-likeness (QED) is 0.207. The average Bonchev–Trinajstić information content (AvgIpc) is 2.51. The Morgan fingerprint density at radius 3 is 1.59 bits per heavy atom. The second-order valence-corrected chi connectivity index (χ2v) is 6.92. The maximum absolute atomic E-state index is 5.94. The van der Waals surface area contributed by atoms with Crippen LogP contribution in [0, 0.1) is 0 Å². The van der Waals surface area contributed by atoms with Crippen molar-refractivity contribution >= 4 is 0 Å². The van der Waals surface area contributed by atoms with Crippen LogP contribution in [0.25, 0.3) is 0 Å². The van der Waals surface area contributed by atoms with Crippen LogP contribution in [0.1, 0.15) is 110 Å². The van der Waals surface area contributed by atoms with Crippen LogP contribution >= 0.6 is 0 Å². The predicted molar refractivity (Wildman–Crippen MR) is 101 cm³/mol. The fourth-order valence-electron chi connectivity index (χ4n) is 2.70. The summed E-state index contributed by atoms with van der Waals surface area (Å²) in [6, 6.07) is 0. The molecule has 0 radical (unpaired) electrons. The van der Waals surface area contributed by atoms with E-state index in [2.05, 4.69) is 26.0 Å². The molecule has 0 aromatic carbocycles. The molecule has 132 valence electrons. The molecule has 0 saturated carbocycles. The van der Waals surface area contributed by atoms with Crippen molar-refractivity contribution in [2.45, 2.75) is 116 Å². The third-order valence-corrected chi connectivity index (χ3v) is 4.56. The lowest BCUT2D eigenvalue weighted by Gasteiger charge is -2.22. The van der Waals surface area contributed by atoms with Crippen LogP contribution in [-0.2, 0) is 0 Å². The number of nitrogens with two attached hydrogens (primary N) is 2. The summed E-state index contributed by atoms with van der Waals surface area (Å²) in [5, 5.41) is 0. The minimum absolute atomic E-state index is 0.431. The highest BCUT2D eigenvalue weighted by molar-refractivity contribution is 4.81. The molecule has 4 N–H and O–H groups in total. The highest BCUT2D eigenvalue weighted by Crippen LogP contribution is 2.13. The van der Waals surface area contributed by atoms with Gasteiger partial charge in [-0.05, 0) is 38.5 Å². The SMILES string of the molecule is CCCCCCCC/C=C\CCCCCCCC(N)(N)CC. The van der Waals surface area contributed by atoms with Crippen molar-refractivity contribution in [1.29, 1.82) is 0 Å². The van der Waals surface area contributed by atoms with E-state index >= 15 is 0 Å². The van der Waals surface area contributed by atoms with Gasteiger partial charge in [0.05, 0.1) is 5.66 Å². The topological polar surface area (TPSA) is 52.0 Å². The van der Waals surface area contributed by atoms with Crippen LogP contribution in [0.3, 0.4) is 0 Å². The first-order valence-electron chi connectivity index (χ1n) is 9.85. The Balaban J connectivity index is 3.18. The molecule has 0 aliphatic rings. The van der Waals surface area contributed by atoms with E-state index in [1.165, 1.54) is 83.5 Å². The molecular formula is C20H42N2. The van der Waals surface area contributed by atoms with Crippen LogP contribution in [0.15, 0.2) is 12.2 Å². The molecule has 0 atom stereocenters. The Morgan fingerprint density at radius 1 is 0.636 bits per heavy atom. The lowest BCUT2D eigenvalue weighted by molar-refractivity contribution is 0.374. The molecule has 0 saturated heterocycles. The molecule has 0 fully saturated rings. The van der Waals surface area contributed by atoms with Gasteiger partial charge >= 0.3 is 0 Å². The Kier molecular flexibility index (Phi) is 15.3. The molecular weight excluding hydrogens is 268 g/mol. The van der Waals surface area contributed by atoms with E-state index in [0.717, 1.165) is 12.8 Å². The highest BCUT2D eigenvalue weighted by atomic mass is 14.9. The number of unbranched alkanes of at least 4 members (excludes halogenated alkanes) is 11. The highest BCUT2D eigenvalue weighted by Gasteiger charge is 2.14. The van der Waals surface area contributed by atoms with Crippen molar-refractivity contribution in [2.75, 3.05) is 0 Å². The Morgan fingerprint density at radius 2 is 1.09 bits per heavy atom. The first kappa shape index (κ1) is 21.7. The molecule has 2 nitrogen and oxygen atoms in total. The molecule has 0 spiro atoms. The van der Waals surface area contributed by atoms with Crippen molar-refractivity contribution in [3.8, 4) is 0 Å². The second-order valence-electron chi connectivity index (χ2n) is 6.92. The Hall–Kier alpha value is -0.340. The summed E-state index contributed by atoms with van der Waals surface area (Å²) in [6.07, 6.45) is 24.0. The van der Waals surface area contributed by atoms with E-state index in [1.54, 1.807) is 0 Å². The van der Waals surface area contributed by atoms with E-state index in [4.69, 9.17) is 11.5 Å². The van der Waals surface area contributed by atoms with E-state index < -0.39 is 5.66 Å². The van der Waals surface area contributed by atoms with Crippen LogP contribution in [0.2, 0.25) is 0 Å². The lowest BCUT2D eigenvalue weighted by atomic mass is 10.00. The van der Waals surface area contributed by atoms with Gasteiger partial charge in [-0.25, -0.2) is 0 Å². The molecule has 0 aliphatic heterocycles. The summed E-state index contributed by atoms with van der Waals surface area (Å²) in [6.45, 7) is 4.34. The third kappa shape index (κ3) is 16.0. The fourth-order valence-corrected chi connectivity index (χ4v) is 2.70. The number of hydrogen-bond acceptors (Lipinski definition) is 2. The molecule has 2 heteroatoms. The maximum atomic E-state index is 5.94. The summed E-state index contributed by atoms with van der Waals surface area (Å²) in [5.74, 6) is 0. The summed E-state index contributed by atoms with van der Waals surface area (Å²) in [5.41, 5.74) is 11.4. The van der Waals surface area contributed by atoms with Crippen LogP contribution < -0.4 is 11.5 Å². The van der Waals surface area contributed by atoms with Crippen molar-refractivity contribution in [1.82, 2.24) is 0 Å². The van der Waals surface area contributed by atoms with Crippen LogP contribution in [0.5, 0.6) is 0 Å². The van der Waals surface area contributed by atoms with E-state index in [9.17, 15) is 0 Å². The summed E-state index contributed by atoms with van der Waals surface area (Å²) in [7, 11) is 0. The van der Waals surface area contributed by atoms with Gasteiger partial charge in [0.1, 0.15) is 0 Å². The zero-order valence-electron chi connectivity index (χ0n) is 15.4. The minimum atomic E-state index is -0.431. The maximum Gasteiger partial charge on any atom is 0.0633 e. The summed E-state index contributed by atoms with van der Waals surface area (Å²) < 4.78 is 0. The molecule has 0 aliphatic carbocycles. The van der Waals surface area contributed by atoms with Crippen molar-refractivity contribution in [3.05, 3.63) is 12.2 Å². The monoisotopic (exact) mass is 310 g/mol. The van der Waals surface area contributed by atoms with Gasteiger partial charge in [0.25, 0.3) is 0 Å². The first-order chi connectivity index (χ1) is 10.6. The lowest BCUT2D eigenvalue weighted by Crippen LogP contribution is -2.48. The summed E-state index contributed by atoms with van der Waals surface area (Å²) in [4.78, 5) is 0. The normalized spacial score (nSPS) is 12.4.